The smallest absolute Gasteiger partial charge is 0.122 e. The Morgan fingerprint density at radius 2 is 2.19 bits per heavy atom. The van der Waals surface area contributed by atoms with Gasteiger partial charge in [0.2, 0.25) is 0 Å². The van der Waals surface area contributed by atoms with Crippen LogP contribution in [0.5, 0.6) is 5.75 Å². The van der Waals surface area contributed by atoms with Crippen molar-refractivity contribution in [1.29, 1.82) is 0 Å². The van der Waals surface area contributed by atoms with E-state index in [0.717, 1.165) is 22.8 Å². The van der Waals surface area contributed by atoms with Crippen LogP contribution in [-0.2, 0) is 6.42 Å². The number of halogens is 1. The fourth-order valence-corrected chi connectivity index (χ4v) is 3.92. The topological polar surface area (TPSA) is 47.3 Å². The maximum atomic E-state index is 6.14. The third-order valence-corrected chi connectivity index (χ3v) is 5.21. The highest BCUT2D eigenvalue weighted by atomic mass is 35.5. The van der Waals surface area contributed by atoms with Gasteiger partial charge in [-0.25, -0.2) is 0 Å². The minimum absolute atomic E-state index is 0.243. The van der Waals surface area contributed by atoms with Crippen molar-refractivity contribution in [3.8, 4) is 5.75 Å². The van der Waals surface area contributed by atoms with E-state index >= 15 is 0 Å². The molecule has 0 saturated heterocycles. The van der Waals surface area contributed by atoms with Gasteiger partial charge in [-0.3, -0.25) is 11.3 Å². The Morgan fingerprint density at radius 1 is 1.43 bits per heavy atom. The summed E-state index contributed by atoms with van der Waals surface area (Å²) in [7, 11) is 1.70. The zero-order chi connectivity index (χ0) is 15.5. The molecule has 0 aliphatic heterocycles. The maximum Gasteiger partial charge on any atom is 0.122 e. The highest BCUT2D eigenvalue weighted by Crippen LogP contribution is 2.43. The van der Waals surface area contributed by atoms with Crippen molar-refractivity contribution >= 4 is 11.6 Å². The van der Waals surface area contributed by atoms with Crippen LogP contribution in [0.25, 0.3) is 0 Å². The van der Waals surface area contributed by atoms with E-state index in [1.165, 1.54) is 25.7 Å². The van der Waals surface area contributed by atoms with E-state index in [2.05, 4.69) is 19.3 Å². The van der Waals surface area contributed by atoms with Gasteiger partial charge in [0, 0.05) is 11.1 Å². The molecule has 0 amide bonds. The molecule has 1 aliphatic carbocycles. The number of benzene rings is 1. The van der Waals surface area contributed by atoms with E-state index in [9.17, 15) is 0 Å². The van der Waals surface area contributed by atoms with Crippen molar-refractivity contribution in [1.82, 2.24) is 5.43 Å². The third-order valence-electron chi connectivity index (χ3n) is 4.97. The highest BCUT2D eigenvalue weighted by Gasteiger charge is 2.37. The zero-order valence-electron chi connectivity index (χ0n) is 13.3. The maximum absolute atomic E-state index is 6.14. The molecule has 3 nitrogen and oxygen atoms in total. The third kappa shape index (κ3) is 3.91. The molecular formula is C17H27ClN2O. The molecule has 2 atom stereocenters. The standard InChI is InChI=1S/C17H27ClN2O/c1-17(2)9-5-4-6-14(17)15(20-19)11-12-10-13(18)7-8-16(12)21-3/h7-8,10,14-15,20H,4-6,9,11,19H2,1-3H3. The largest absolute Gasteiger partial charge is 0.496 e. The zero-order valence-corrected chi connectivity index (χ0v) is 14.0. The second-order valence-electron chi connectivity index (χ2n) is 6.77. The van der Waals surface area contributed by atoms with E-state index in [4.69, 9.17) is 22.2 Å². The lowest BCUT2D eigenvalue weighted by Crippen LogP contribution is -2.48. The quantitative estimate of drug-likeness (QED) is 0.639. The average molecular weight is 311 g/mol. The van der Waals surface area contributed by atoms with Gasteiger partial charge in [-0.2, -0.15) is 0 Å². The molecule has 1 fully saturated rings. The number of rotatable bonds is 5. The van der Waals surface area contributed by atoms with E-state index in [1.807, 2.05) is 18.2 Å². The number of hydrazine groups is 1. The van der Waals surface area contributed by atoms with Gasteiger partial charge in [-0.15, -0.1) is 0 Å². The Morgan fingerprint density at radius 3 is 2.81 bits per heavy atom. The lowest BCUT2D eigenvalue weighted by atomic mass is 9.65. The van der Waals surface area contributed by atoms with Crippen LogP contribution in [0.1, 0.15) is 45.1 Å². The first-order valence-electron chi connectivity index (χ1n) is 7.76. The minimum Gasteiger partial charge on any atom is -0.496 e. The first kappa shape index (κ1) is 16.6. The fourth-order valence-electron chi connectivity index (χ4n) is 3.73. The monoisotopic (exact) mass is 310 g/mol. The molecule has 2 rings (SSSR count). The molecule has 1 aromatic rings. The van der Waals surface area contributed by atoms with Gasteiger partial charge in [0.15, 0.2) is 0 Å². The Hall–Kier alpha value is -0.770. The predicted octanol–water partition coefficient (Wildman–Crippen LogP) is 3.94. The summed E-state index contributed by atoms with van der Waals surface area (Å²) in [5.74, 6) is 7.33. The molecule has 3 N–H and O–H groups in total. The van der Waals surface area contributed by atoms with Gasteiger partial charge in [0.05, 0.1) is 7.11 Å². The SMILES string of the molecule is COc1ccc(Cl)cc1CC(NN)C1CCCCC1(C)C. The normalized spacial score (nSPS) is 22.8. The summed E-state index contributed by atoms with van der Waals surface area (Å²) >= 11 is 6.14. The van der Waals surface area contributed by atoms with Crippen LogP contribution < -0.4 is 16.0 Å². The van der Waals surface area contributed by atoms with Crippen molar-refractivity contribution < 1.29 is 4.74 Å². The first-order chi connectivity index (χ1) is 9.97. The summed E-state index contributed by atoms with van der Waals surface area (Å²) < 4.78 is 5.46. The fraction of sp³-hybridized carbons (Fsp3) is 0.647. The van der Waals surface area contributed by atoms with Gasteiger partial charge < -0.3 is 4.74 Å². The second kappa shape index (κ2) is 6.99. The molecule has 0 bridgehead atoms. The summed E-state index contributed by atoms with van der Waals surface area (Å²) in [5, 5.41) is 0.740. The van der Waals surface area contributed by atoms with Crippen molar-refractivity contribution in [3.63, 3.8) is 0 Å². The van der Waals surface area contributed by atoms with Gasteiger partial charge >= 0.3 is 0 Å². The lowest BCUT2D eigenvalue weighted by molar-refractivity contribution is 0.0979. The molecule has 4 heteroatoms. The summed E-state index contributed by atoms with van der Waals surface area (Å²) in [5.41, 5.74) is 4.49. The number of hydrogen-bond donors (Lipinski definition) is 2. The van der Waals surface area contributed by atoms with E-state index in [0.29, 0.717) is 11.3 Å². The summed E-state index contributed by atoms with van der Waals surface area (Å²) in [6.07, 6.45) is 5.95. The molecule has 21 heavy (non-hydrogen) atoms. The van der Waals surface area contributed by atoms with E-state index in [1.54, 1.807) is 7.11 Å². The van der Waals surface area contributed by atoms with E-state index in [-0.39, 0.29) is 6.04 Å². The Balaban J connectivity index is 2.21. The number of hydrogen-bond acceptors (Lipinski definition) is 3. The summed E-state index contributed by atoms with van der Waals surface area (Å²) in [6, 6.07) is 6.02. The van der Waals surface area contributed by atoms with Crippen LogP contribution in [0.15, 0.2) is 18.2 Å². The molecule has 1 aromatic carbocycles. The Kier molecular flexibility index (Phi) is 5.53. The average Bonchev–Trinajstić information content (AvgIpc) is 2.45. The molecule has 0 radical (unpaired) electrons. The molecule has 1 saturated carbocycles. The van der Waals surface area contributed by atoms with Crippen molar-refractivity contribution in [2.75, 3.05) is 7.11 Å². The first-order valence-corrected chi connectivity index (χ1v) is 8.14. The van der Waals surface area contributed by atoms with Gasteiger partial charge in [-0.1, -0.05) is 38.3 Å². The van der Waals surface area contributed by atoms with Gasteiger partial charge in [0.25, 0.3) is 0 Å². The van der Waals surface area contributed by atoms with Crippen molar-refractivity contribution in [2.45, 2.75) is 52.0 Å². The van der Waals surface area contributed by atoms with Gasteiger partial charge in [-0.05, 0) is 54.4 Å². The van der Waals surface area contributed by atoms with Crippen LogP contribution >= 0.6 is 11.6 Å². The number of ether oxygens (including phenoxy) is 1. The Labute approximate surface area is 133 Å². The lowest BCUT2D eigenvalue weighted by Gasteiger charge is -2.43. The number of methoxy groups -OCH3 is 1. The second-order valence-corrected chi connectivity index (χ2v) is 7.21. The Bertz CT molecular complexity index is 476. The van der Waals surface area contributed by atoms with Crippen LogP contribution in [0, 0.1) is 11.3 Å². The minimum atomic E-state index is 0.243. The molecule has 1 aliphatic rings. The van der Waals surface area contributed by atoms with Crippen LogP contribution in [0.4, 0.5) is 0 Å². The van der Waals surface area contributed by atoms with Gasteiger partial charge in [0.1, 0.15) is 5.75 Å². The van der Waals surface area contributed by atoms with Crippen LogP contribution in [0.3, 0.4) is 0 Å². The summed E-state index contributed by atoms with van der Waals surface area (Å²) in [4.78, 5) is 0. The van der Waals surface area contributed by atoms with Crippen molar-refractivity contribution in [3.05, 3.63) is 28.8 Å². The molecule has 118 valence electrons. The van der Waals surface area contributed by atoms with Crippen molar-refractivity contribution in [2.24, 2.45) is 17.2 Å². The predicted molar refractivity (Wildman–Crippen MR) is 88.6 cm³/mol. The number of nitrogens with two attached hydrogens (primary N) is 1. The van der Waals surface area contributed by atoms with E-state index < -0.39 is 0 Å². The summed E-state index contributed by atoms with van der Waals surface area (Å²) in [6.45, 7) is 4.72. The molecular weight excluding hydrogens is 284 g/mol. The molecule has 0 heterocycles. The molecule has 0 spiro atoms. The number of nitrogens with one attached hydrogen (secondary N) is 1. The molecule has 0 aromatic heterocycles. The van der Waals surface area contributed by atoms with Crippen LogP contribution in [0.2, 0.25) is 5.02 Å². The molecule has 2 unspecified atom stereocenters. The highest BCUT2D eigenvalue weighted by molar-refractivity contribution is 6.30. The van der Waals surface area contributed by atoms with Crippen LogP contribution in [-0.4, -0.2) is 13.2 Å².